The molecule has 198 valence electrons. The quantitative estimate of drug-likeness (QED) is 0.206. The maximum atomic E-state index is 11.7. The van der Waals surface area contributed by atoms with Gasteiger partial charge in [-0.3, -0.25) is 4.68 Å². The fourth-order valence-corrected chi connectivity index (χ4v) is 13.2. The summed E-state index contributed by atoms with van der Waals surface area (Å²) in [6.07, 6.45) is 2.96. The van der Waals surface area contributed by atoms with E-state index in [1.807, 2.05) is 43.4 Å². The summed E-state index contributed by atoms with van der Waals surface area (Å²) in [5.41, 5.74) is 4.87. The first kappa shape index (κ1) is 27.7. The van der Waals surface area contributed by atoms with Gasteiger partial charge in [0, 0.05) is 48.0 Å². The molecule has 1 atom stereocenters. The molecule has 0 bridgehead atoms. The molecule has 3 aromatic heterocycles. The SMILES string of the molecule is CC(C)[Si](C(C)C)(C(C)C)n1cc(C(O)c2cc(NCc3cccc(Cl)c3)nn2C)c2cc(Cl)cnc21. The van der Waals surface area contributed by atoms with Crippen LogP contribution in [0.25, 0.3) is 11.0 Å². The second-order valence-corrected chi connectivity index (χ2v) is 17.4. The van der Waals surface area contributed by atoms with E-state index < -0.39 is 14.3 Å². The van der Waals surface area contributed by atoms with Gasteiger partial charge in [-0.2, -0.15) is 5.10 Å². The number of rotatable bonds is 9. The van der Waals surface area contributed by atoms with E-state index in [1.165, 1.54) is 0 Å². The Hall–Kier alpha value is -2.32. The van der Waals surface area contributed by atoms with Crippen molar-refractivity contribution in [3.8, 4) is 0 Å². The molecule has 0 saturated carbocycles. The number of halogens is 2. The van der Waals surface area contributed by atoms with Crippen LogP contribution in [0.1, 0.15) is 64.5 Å². The van der Waals surface area contributed by atoms with E-state index in [0.717, 1.165) is 22.2 Å². The van der Waals surface area contributed by atoms with Gasteiger partial charge in [-0.05, 0) is 40.4 Å². The van der Waals surface area contributed by atoms with Crippen LogP contribution in [0.3, 0.4) is 0 Å². The monoisotopic (exact) mass is 557 g/mol. The number of aryl methyl sites for hydroxylation is 1. The number of pyridine rings is 1. The molecule has 4 aromatic rings. The summed E-state index contributed by atoms with van der Waals surface area (Å²) >= 11 is 12.5. The predicted molar refractivity (Wildman–Crippen MR) is 157 cm³/mol. The molecule has 0 aliphatic carbocycles. The number of hydrogen-bond donors (Lipinski definition) is 2. The van der Waals surface area contributed by atoms with Crippen LogP contribution in [0.2, 0.25) is 26.7 Å². The molecule has 37 heavy (non-hydrogen) atoms. The van der Waals surface area contributed by atoms with Crippen LogP contribution < -0.4 is 5.32 Å². The Morgan fingerprint density at radius 3 is 2.27 bits per heavy atom. The molecule has 1 aromatic carbocycles. The smallest absolute Gasteiger partial charge is 0.171 e. The van der Waals surface area contributed by atoms with Gasteiger partial charge in [0.15, 0.2) is 8.24 Å². The summed E-state index contributed by atoms with van der Waals surface area (Å²) < 4.78 is 4.15. The van der Waals surface area contributed by atoms with Crippen molar-refractivity contribution in [3.05, 3.63) is 75.7 Å². The number of hydrogen-bond acceptors (Lipinski definition) is 4. The average Bonchev–Trinajstić information content (AvgIpc) is 3.37. The van der Waals surface area contributed by atoms with Crippen LogP contribution in [-0.2, 0) is 13.6 Å². The van der Waals surface area contributed by atoms with Crippen molar-refractivity contribution >= 4 is 48.3 Å². The highest BCUT2D eigenvalue weighted by atomic mass is 35.5. The van der Waals surface area contributed by atoms with Crippen molar-refractivity contribution < 1.29 is 5.11 Å². The van der Waals surface area contributed by atoms with Gasteiger partial charge in [0.2, 0.25) is 0 Å². The minimum absolute atomic E-state index is 0.476. The van der Waals surface area contributed by atoms with E-state index in [4.69, 9.17) is 28.2 Å². The molecular formula is C28H37Cl2N5OSi. The van der Waals surface area contributed by atoms with Gasteiger partial charge < -0.3 is 14.7 Å². The maximum absolute atomic E-state index is 11.7. The maximum Gasteiger partial charge on any atom is 0.171 e. The van der Waals surface area contributed by atoms with Crippen molar-refractivity contribution in [3.63, 3.8) is 0 Å². The minimum Gasteiger partial charge on any atom is -0.382 e. The second kappa shape index (κ2) is 10.8. The number of fused-ring (bicyclic) bond motifs is 1. The highest BCUT2D eigenvalue weighted by Crippen LogP contribution is 2.45. The van der Waals surface area contributed by atoms with Gasteiger partial charge >= 0.3 is 0 Å². The third-order valence-electron chi connectivity index (χ3n) is 7.69. The van der Waals surface area contributed by atoms with Crippen molar-refractivity contribution in [1.82, 2.24) is 19.0 Å². The third kappa shape index (κ3) is 5.07. The molecule has 2 N–H and O–H groups in total. The lowest BCUT2D eigenvalue weighted by molar-refractivity contribution is 0.211. The van der Waals surface area contributed by atoms with Crippen LogP contribution in [0.5, 0.6) is 0 Å². The zero-order valence-electron chi connectivity index (χ0n) is 22.6. The fourth-order valence-electron chi connectivity index (χ4n) is 6.28. The van der Waals surface area contributed by atoms with Crippen molar-refractivity contribution in [2.45, 2.75) is 70.8 Å². The molecule has 0 amide bonds. The largest absolute Gasteiger partial charge is 0.382 e. The van der Waals surface area contributed by atoms with Crippen LogP contribution in [0.15, 0.2) is 48.8 Å². The van der Waals surface area contributed by atoms with Crippen LogP contribution in [-0.4, -0.2) is 32.3 Å². The molecule has 0 radical (unpaired) electrons. The predicted octanol–water partition coefficient (Wildman–Crippen LogP) is 7.79. The molecule has 3 heterocycles. The first-order valence-electron chi connectivity index (χ1n) is 12.8. The third-order valence-corrected chi connectivity index (χ3v) is 14.9. The van der Waals surface area contributed by atoms with Gasteiger partial charge in [0.1, 0.15) is 17.6 Å². The second-order valence-electron chi connectivity index (χ2n) is 10.8. The van der Waals surface area contributed by atoms with Gasteiger partial charge in [-0.15, -0.1) is 0 Å². The highest BCUT2D eigenvalue weighted by Gasteiger charge is 2.46. The van der Waals surface area contributed by atoms with Gasteiger partial charge in [0.05, 0.1) is 10.7 Å². The van der Waals surface area contributed by atoms with E-state index >= 15 is 0 Å². The van der Waals surface area contributed by atoms with E-state index in [1.54, 1.807) is 10.9 Å². The Kier molecular flexibility index (Phi) is 8.09. The normalized spacial score (nSPS) is 13.3. The Balaban J connectivity index is 1.77. The highest BCUT2D eigenvalue weighted by molar-refractivity contribution is 6.82. The Bertz CT molecular complexity index is 1370. The molecular weight excluding hydrogens is 521 g/mol. The summed E-state index contributed by atoms with van der Waals surface area (Å²) in [7, 11) is -0.270. The van der Waals surface area contributed by atoms with E-state index in [2.05, 4.69) is 62.4 Å². The van der Waals surface area contributed by atoms with Gasteiger partial charge in [-0.1, -0.05) is 76.9 Å². The first-order valence-corrected chi connectivity index (χ1v) is 15.8. The first-order chi connectivity index (χ1) is 17.5. The van der Waals surface area contributed by atoms with Crippen molar-refractivity contribution in [2.75, 3.05) is 5.32 Å². The molecule has 4 rings (SSSR count). The zero-order chi connectivity index (χ0) is 27.1. The van der Waals surface area contributed by atoms with E-state index in [9.17, 15) is 5.11 Å². The lowest BCUT2D eigenvalue weighted by Gasteiger charge is -2.44. The van der Waals surface area contributed by atoms with Gasteiger partial charge in [-0.25, -0.2) is 4.98 Å². The number of nitrogens with zero attached hydrogens (tertiary/aromatic N) is 4. The van der Waals surface area contributed by atoms with Crippen molar-refractivity contribution in [1.29, 1.82) is 0 Å². The minimum atomic E-state index is -2.12. The molecule has 0 fully saturated rings. The fraction of sp³-hybridized carbons (Fsp3) is 0.429. The lowest BCUT2D eigenvalue weighted by atomic mass is 10.1. The van der Waals surface area contributed by atoms with Gasteiger partial charge in [0.25, 0.3) is 0 Å². The lowest BCUT2D eigenvalue weighted by Crippen LogP contribution is -2.51. The van der Waals surface area contributed by atoms with E-state index in [-0.39, 0.29) is 0 Å². The molecule has 6 nitrogen and oxygen atoms in total. The molecule has 0 spiro atoms. The average molecular weight is 559 g/mol. The molecule has 1 unspecified atom stereocenters. The Morgan fingerprint density at radius 1 is 0.973 bits per heavy atom. The summed E-state index contributed by atoms with van der Waals surface area (Å²) in [6, 6.07) is 11.5. The summed E-state index contributed by atoms with van der Waals surface area (Å²) in [5, 5.41) is 21.8. The van der Waals surface area contributed by atoms with Crippen LogP contribution in [0.4, 0.5) is 5.82 Å². The standard InChI is InChI=1S/C28H37Cl2N5OSi/c1-17(2)37(18(3)4,19(5)6)35-16-24(23-12-22(30)15-32-28(23)35)27(36)25-13-26(33-34(25)7)31-14-20-9-8-10-21(29)11-20/h8-13,15-19,27,36H,14H2,1-7H3,(H,31,33). The Labute approximate surface area is 230 Å². The number of aliphatic hydroxyl groups is 1. The molecule has 9 heteroatoms. The molecule has 0 aliphatic rings. The number of benzene rings is 1. The summed E-state index contributed by atoms with van der Waals surface area (Å²) in [5.74, 6) is 0.687. The van der Waals surface area contributed by atoms with Crippen LogP contribution >= 0.6 is 23.2 Å². The topological polar surface area (TPSA) is 67.9 Å². The number of anilines is 1. The number of aliphatic hydroxyl groups excluding tert-OH is 1. The Morgan fingerprint density at radius 2 is 1.65 bits per heavy atom. The number of aromatic nitrogens is 4. The zero-order valence-corrected chi connectivity index (χ0v) is 25.1. The number of nitrogens with one attached hydrogen (secondary N) is 1. The van der Waals surface area contributed by atoms with Crippen molar-refractivity contribution in [2.24, 2.45) is 7.05 Å². The van der Waals surface area contributed by atoms with E-state index in [0.29, 0.717) is 44.7 Å². The molecule has 0 saturated heterocycles. The van der Waals surface area contributed by atoms with Crippen LogP contribution in [0, 0.1) is 0 Å². The summed E-state index contributed by atoms with van der Waals surface area (Å²) in [4.78, 5) is 4.80. The molecule has 0 aliphatic heterocycles. The summed E-state index contributed by atoms with van der Waals surface area (Å²) in [6.45, 7) is 14.5.